The Labute approximate surface area is 187 Å². The summed E-state index contributed by atoms with van der Waals surface area (Å²) in [6.07, 6.45) is 0.918. The molecule has 0 aliphatic carbocycles. The van der Waals surface area contributed by atoms with Crippen LogP contribution in [0.4, 0.5) is 5.69 Å². The minimum Gasteiger partial charge on any atom is -0.356 e. The van der Waals surface area contributed by atoms with Crippen LogP contribution in [0.15, 0.2) is 58.4 Å². The summed E-state index contributed by atoms with van der Waals surface area (Å²) in [7, 11) is -3.71. The zero-order valence-electron chi connectivity index (χ0n) is 15.9. The predicted octanol–water partition coefficient (Wildman–Crippen LogP) is 2.51. The summed E-state index contributed by atoms with van der Waals surface area (Å²) in [6, 6.07) is 12.5. The van der Waals surface area contributed by atoms with Crippen LogP contribution < -0.4 is 15.8 Å². The molecule has 0 saturated heterocycles. The van der Waals surface area contributed by atoms with Crippen LogP contribution in [0.5, 0.6) is 0 Å². The number of nitrogens with two attached hydrogens (primary N) is 1. The van der Waals surface area contributed by atoms with Crippen LogP contribution in [0.3, 0.4) is 0 Å². The van der Waals surface area contributed by atoms with Crippen LogP contribution in [0.2, 0.25) is 0 Å². The fraction of sp³-hybridized carbons (Fsp3) is 0.278. The summed E-state index contributed by atoms with van der Waals surface area (Å²) < 4.78 is 22.6. The number of nitro benzene ring substituents is 1. The highest BCUT2D eigenvalue weighted by Crippen LogP contribution is 2.12. The Balaban J connectivity index is 0.00000420. The molecule has 0 bridgehead atoms. The third-order valence-electron chi connectivity index (χ3n) is 3.82. The highest BCUT2D eigenvalue weighted by atomic mass is 127. The van der Waals surface area contributed by atoms with Crippen molar-refractivity contribution < 1.29 is 13.3 Å². The van der Waals surface area contributed by atoms with Gasteiger partial charge in [-0.25, -0.2) is 18.5 Å². The van der Waals surface area contributed by atoms with Crippen molar-refractivity contribution in [2.75, 3.05) is 6.54 Å². The molecule has 2 rings (SSSR count). The van der Waals surface area contributed by atoms with Gasteiger partial charge in [-0.05, 0) is 29.7 Å². The van der Waals surface area contributed by atoms with E-state index < -0.39 is 14.9 Å². The number of hydrogen-bond acceptors (Lipinski definition) is 5. The van der Waals surface area contributed by atoms with Crippen molar-refractivity contribution in [3.63, 3.8) is 0 Å². The van der Waals surface area contributed by atoms with Crippen molar-refractivity contribution in [1.29, 1.82) is 0 Å². The zero-order chi connectivity index (χ0) is 20.6. The van der Waals surface area contributed by atoms with E-state index in [1.54, 1.807) is 24.3 Å². The number of nitrogens with zero attached hydrogens (tertiary/aromatic N) is 2. The summed E-state index contributed by atoms with van der Waals surface area (Å²) in [6.45, 7) is 3.57. The standard InChI is InChI=1S/C18H23N5O4S.HI/c1-2-11-20-18(21-12-14-3-7-16(8-4-14)23(24)25)22-13-15-5-9-17(10-6-15)28(19,26)27;/h3-10H,2,11-13H2,1H3,(H2,19,26,27)(H2,20,21,22);1H. The molecule has 2 aromatic rings. The number of guanidine groups is 1. The second-order valence-corrected chi connectivity index (χ2v) is 7.62. The molecular formula is C18H24IN5O4S. The van der Waals surface area contributed by atoms with E-state index in [-0.39, 0.29) is 34.6 Å². The number of nitrogens with one attached hydrogen (secondary N) is 2. The zero-order valence-corrected chi connectivity index (χ0v) is 19.0. The Morgan fingerprint density at radius 3 is 2.17 bits per heavy atom. The highest BCUT2D eigenvalue weighted by molar-refractivity contribution is 14.0. The van der Waals surface area contributed by atoms with E-state index in [4.69, 9.17) is 5.14 Å². The number of hydrogen-bond donors (Lipinski definition) is 3. The molecule has 0 heterocycles. The fourth-order valence-electron chi connectivity index (χ4n) is 2.29. The van der Waals surface area contributed by atoms with Gasteiger partial charge in [-0.2, -0.15) is 0 Å². The maximum atomic E-state index is 11.3. The molecule has 0 unspecified atom stereocenters. The minimum absolute atomic E-state index is 0. The average Bonchev–Trinajstić information content (AvgIpc) is 2.67. The lowest BCUT2D eigenvalue weighted by Crippen LogP contribution is -2.37. The van der Waals surface area contributed by atoms with E-state index in [1.807, 2.05) is 6.92 Å². The van der Waals surface area contributed by atoms with Crippen molar-refractivity contribution in [2.24, 2.45) is 10.1 Å². The smallest absolute Gasteiger partial charge is 0.269 e. The van der Waals surface area contributed by atoms with Crippen molar-refractivity contribution in [2.45, 2.75) is 31.3 Å². The van der Waals surface area contributed by atoms with Crippen LogP contribution >= 0.6 is 24.0 Å². The van der Waals surface area contributed by atoms with E-state index in [1.165, 1.54) is 24.3 Å². The largest absolute Gasteiger partial charge is 0.356 e. The molecule has 9 nitrogen and oxygen atoms in total. The van der Waals surface area contributed by atoms with Gasteiger partial charge in [0, 0.05) is 25.2 Å². The molecule has 0 aromatic heterocycles. The quantitative estimate of drug-likeness (QED) is 0.157. The van der Waals surface area contributed by atoms with Crippen molar-refractivity contribution in [3.05, 3.63) is 69.8 Å². The number of nitro groups is 1. The summed E-state index contributed by atoms with van der Waals surface area (Å²) in [5.41, 5.74) is 1.76. The molecule has 0 atom stereocenters. The van der Waals surface area contributed by atoms with Crippen molar-refractivity contribution in [3.8, 4) is 0 Å². The average molecular weight is 533 g/mol. The molecular weight excluding hydrogens is 509 g/mol. The Hall–Kier alpha value is -2.25. The van der Waals surface area contributed by atoms with E-state index in [2.05, 4.69) is 15.6 Å². The van der Waals surface area contributed by atoms with Gasteiger partial charge in [-0.15, -0.1) is 24.0 Å². The number of halogens is 1. The molecule has 0 aliphatic rings. The first-order valence-corrected chi connectivity index (χ1v) is 10.2. The lowest BCUT2D eigenvalue weighted by atomic mass is 10.2. The van der Waals surface area contributed by atoms with Gasteiger partial charge in [0.25, 0.3) is 5.69 Å². The topological polar surface area (TPSA) is 140 Å². The summed E-state index contributed by atoms with van der Waals surface area (Å²) in [5, 5.41) is 22.2. The first-order valence-electron chi connectivity index (χ1n) is 8.67. The number of non-ortho nitro benzene ring substituents is 1. The van der Waals surface area contributed by atoms with Gasteiger partial charge >= 0.3 is 0 Å². The minimum atomic E-state index is -3.71. The molecule has 29 heavy (non-hydrogen) atoms. The molecule has 11 heteroatoms. The normalized spacial score (nSPS) is 11.4. The molecule has 4 N–H and O–H groups in total. The fourth-order valence-corrected chi connectivity index (χ4v) is 2.81. The molecule has 0 aliphatic heterocycles. The molecule has 0 spiro atoms. The van der Waals surface area contributed by atoms with Crippen LogP contribution in [0.1, 0.15) is 24.5 Å². The molecule has 0 fully saturated rings. The van der Waals surface area contributed by atoms with E-state index in [9.17, 15) is 18.5 Å². The van der Waals surface area contributed by atoms with Crippen molar-refractivity contribution in [1.82, 2.24) is 10.6 Å². The molecule has 0 amide bonds. The van der Waals surface area contributed by atoms with Crippen LogP contribution in [0, 0.1) is 10.1 Å². The van der Waals surface area contributed by atoms with Gasteiger partial charge in [0.05, 0.1) is 16.4 Å². The molecule has 2 aromatic carbocycles. The number of primary sulfonamides is 1. The third kappa shape index (κ3) is 8.33. The summed E-state index contributed by atoms with van der Waals surface area (Å²) in [4.78, 5) is 14.8. The number of sulfonamides is 1. The summed E-state index contributed by atoms with van der Waals surface area (Å²) >= 11 is 0. The number of rotatable bonds is 8. The van der Waals surface area contributed by atoms with Gasteiger partial charge in [0.1, 0.15) is 0 Å². The predicted molar refractivity (Wildman–Crippen MR) is 123 cm³/mol. The van der Waals surface area contributed by atoms with Gasteiger partial charge < -0.3 is 10.6 Å². The van der Waals surface area contributed by atoms with Crippen molar-refractivity contribution >= 4 is 45.6 Å². The third-order valence-corrected chi connectivity index (χ3v) is 4.75. The maximum Gasteiger partial charge on any atom is 0.269 e. The highest BCUT2D eigenvalue weighted by Gasteiger charge is 2.07. The maximum absolute atomic E-state index is 11.3. The second-order valence-electron chi connectivity index (χ2n) is 6.06. The first kappa shape index (κ1) is 24.8. The first-order chi connectivity index (χ1) is 13.3. The second kappa shape index (κ2) is 11.7. The Morgan fingerprint density at radius 1 is 1.07 bits per heavy atom. The van der Waals surface area contributed by atoms with E-state index >= 15 is 0 Å². The van der Waals surface area contributed by atoms with Gasteiger partial charge in [0.15, 0.2) is 5.96 Å². The SMILES string of the molecule is CCCNC(=NCc1ccc(S(N)(=O)=O)cc1)NCc1ccc([N+](=O)[O-])cc1.I. The van der Waals surface area contributed by atoms with Crippen LogP contribution in [-0.2, 0) is 23.1 Å². The van der Waals surface area contributed by atoms with Gasteiger partial charge in [-0.3, -0.25) is 10.1 Å². The molecule has 0 radical (unpaired) electrons. The van der Waals surface area contributed by atoms with Gasteiger partial charge in [0.2, 0.25) is 10.0 Å². The van der Waals surface area contributed by atoms with E-state index in [0.717, 1.165) is 24.1 Å². The number of aliphatic imine (C=N–C) groups is 1. The lowest BCUT2D eigenvalue weighted by molar-refractivity contribution is -0.384. The lowest BCUT2D eigenvalue weighted by Gasteiger charge is -2.12. The summed E-state index contributed by atoms with van der Waals surface area (Å²) in [5.74, 6) is 0.593. The Morgan fingerprint density at radius 2 is 1.66 bits per heavy atom. The van der Waals surface area contributed by atoms with Gasteiger partial charge in [-0.1, -0.05) is 31.2 Å². The van der Waals surface area contributed by atoms with Crippen LogP contribution in [0.25, 0.3) is 0 Å². The molecule has 0 saturated carbocycles. The Kier molecular flexibility index (Phi) is 9.98. The monoisotopic (exact) mass is 533 g/mol. The Bertz CT molecular complexity index is 932. The van der Waals surface area contributed by atoms with Crippen LogP contribution in [-0.4, -0.2) is 25.8 Å². The molecule has 158 valence electrons. The van der Waals surface area contributed by atoms with E-state index in [0.29, 0.717) is 19.0 Å². The number of benzene rings is 2.